The van der Waals surface area contributed by atoms with Gasteiger partial charge in [0.25, 0.3) is 0 Å². The molecule has 0 amide bonds. The van der Waals surface area contributed by atoms with E-state index >= 15 is 0 Å². The van der Waals surface area contributed by atoms with Crippen LogP contribution in [0.4, 0.5) is 0 Å². The van der Waals surface area contributed by atoms with Crippen molar-refractivity contribution < 1.29 is 19.1 Å². The molecule has 0 aromatic rings. The van der Waals surface area contributed by atoms with Gasteiger partial charge in [-0.15, -0.1) is 0 Å². The largest absolute Gasteiger partial charge is 0.490 e. The summed E-state index contributed by atoms with van der Waals surface area (Å²) in [6.45, 7) is 0. The van der Waals surface area contributed by atoms with Gasteiger partial charge in [-0.25, -0.2) is 0 Å². The summed E-state index contributed by atoms with van der Waals surface area (Å²) < 4.78 is 15.2. The van der Waals surface area contributed by atoms with Gasteiger partial charge in [-0.3, -0.25) is 4.57 Å². The van der Waals surface area contributed by atoms with Crippen molar-refractivity contribution in [2.75, 3.05) is 13.3 Å². The molecule has 0 fully saturated rings. The lowest BCUT2D eigenvalue weighted by molar-refractivity contribution is 0.370. The van der Waals surface area contributed by atoms with Gasteiger partial charge in [-0.05, 0) is 25.1 Å². The van der Waals surface area contributed by atoms with Crippen LogP contribution in [0.3, 0.4) is 0 Å². The molecular formula is C7H15O4PS. The van der Waals surface area contributed by atoms with Gasteiger partial charge in [0.05, 0.1) is 7.11 Å². The van der Waals surface area contributed by atoms with Crippen molar-refractivity contribution in [2.24, 2.45) is 0 Å². The van der Waals surface area contributed by atoms with Gasteiger partial charge in [0.1, 0.15) is 0 Å². The van der Waals surface area contributed by atoms with Crippen LogP contribution in [0.5, 0.6) is 0 Å². The third-order valence-corrected chi connectivity index (χ3v) is 2.83. The van der Waals surface area contributed by atoms with Gasteiger partial charge in [-0.2, -0.15) is 0 Å². The molecule has 2 N–H and O–H groups in total. The first-order chi connectivity index (χ1) is 5.95. The van der Waals surface area contributed by atoms with Gasteiger partial charge in [0, 0.05) is 12.6 Å². The highest BCUT2D eigenvalue weighted by Crippen LogP contribution is 2.35. The molecule has 0 aromatic heterocycles. The van der Waals surface area contributed by atoms with E-state index in [2.05, 4.69) is 0 Å². The van der Waals surface area contributed by atoms with Crippen molar-refractivity contribution >= 4 is 24.9 Å². The monoisotopic (exact) mass is 226 g/mol. The minimum absolute atomic E-state index is 0.0350. The molecule has 0 atom stereocenters. The van der Waals surface area contributed by atoms with E-state index in [1.807, 2.05) is 0 Å². The maximum absolute atomic E-state index is 10.4. The number of thiocarbonyl (C=S) groups is 1. The normalized spacial score (nSPS) is 11.3. The van der Waals surface area contributed by atoms with Gasteiger partial charge < -0.3 is 14.5 Å². The Labute approximate surface area is 83.5 Å². The molecule has 0 saturated heterocycles. The first-order valence-corrected chi connectivity index (χ1v) is 6.27. The Bertz CT molecular complexity index is 201. The number of unbranched alkanes of at least 4 members (excludes halogenated alkanes) is 2. The molecule has 0 bridgehead atoms. The number of hydrogen-bond donors (Lipinski definition) is 2. The zero-order valence-corrected chi connectivity index (χ0v) is 9.31. The van der Waals surface area contributed by atoms with E-state index in [1.54, 1.807) is 0 Å². The number of rotatable bonds is 6. The summed E-state index contributed by atoms with van der Waals surface area (Å²) in [5, 5.41) is 0.552. The maximum Gasteiger partial charge on any atom is 0.325 e. The van der Waals surface area contributed by atoms with Crippen LogP contribution in [0.25, 0.3) is 0 Å². The lowest BCUT2D eigenvalue weighted by atomic mass is 10.2. The Hall–Kier alpha value is 0.0400. The van der Waals surface area contributed by atoms with Gasteiger partial charge >= 0.3 is 7.60 Å². The van der Waals surface area contributed by atoms with Crippen molar-refractivity contribution in [3.63, 3.8) is 0 Å². The molecule has 0 heterocycles. The summed E-state index contributed by atoms with van der Waals surface area (Å²) in [5.74, 6) is 0. The molecule has 78 valence electrons. The summed E-state index contributed by atoms with van der Waals surface area (Å²) in [6, 6.07) is 0. The second-order valence-corrected chi connectivity index (χ2v) is 5.01. The Morgan fingerprint density at radius 1 is 1.38 bits per heavy atom. The van der Waals surface area contributed by atoms with Crippen molar-refractivity contribution in [3.8, 4) is 0 Å². The third-order valence-electron chi connectivity index (χ3n) is 1.56. The fourth-order valence-electron chi connectivity index (χ4n) is 0.866. The fraction of sp³-hybridized carbons (Fsp3) is 0.857. The molecule has 0 unspecified atom stereocenters. The minimum atomic E-state index is -3.80. The van der Waals surface area contributed by atoms with E-state index in [0.29, 0.717) is 17.9 Å². The van der Waals surface area contributed by atoms with Crippen LogP contribution >= 0.6 is 19.8 Å². The summed E-state index contributed by atoms with van der Waals surface area (Å²) in [5.41, 5.74) is 0. The predicted molar refractivity (Wildman–Crippen MR) is 55.0 cm³/mol. The fourth-order valence-corrected chi connectivity index (χ4v) is 1.65. The van der Waals surface area contributed by atoms with E-state index in [1.165, 1.54) is 7.11 Å². The van der Waals surface area contributed by atoms with Gasteiger partial charge in [-0.1, -0.05) is 6.42 Å². The van der Waals surface area contributed by atoms with Crippen LogP contribution in [0.1, 0.15) is 25.7 Å². The predicted octanol–water partition coefficient (Wildman–Crippen LogP) is 1.70. The van der Waals surface area contributed by atoms with Crippen LogP contribution in [-0.4, -0.2) is 28.1 Å². The lowest BCUT2D eigenvalue weighted by Gasteiger charge is -2.03. The van der Waals surface area contributed by atoms with Crippen LogP contribution in [0.15, 0.2) is 0 Å². The molecule has 0 rings (SSSR count). The Morgan fingerprint density at radius 3 is 2.46 bits per heavy atom. The highest BCUT2D eigenvalue weighted by atomic mass is 32.1. The number of ether oxygens (including phenoxy) is 1. The van der Waals surface area contributed by atoms with Crippen molar-refractivity contribution in [1.82, 2.24) is 0 Å². The second kappa shape index (κ2) is 6.49. The van der Waals surface area contributed by atoms with Crippen molar-refractivity contribution in [3.05, 3.63) is 0 Å². The Morgan fingerprint density at radius 2 is 2.00 bits per heavy atom. The highest BCUT2D eigenvalue weighted by Gasteiger charge is 2.11. The minimum Gasteiger partial charge on any atom is -0.490 e. The van der Waals surface area contributed by atoms with Crippen LogP contribution in [0.2, 0.25) is 0 Å². The van der Waals surface area contributed by atoms with Crippen LogP contribution in [0, 0.1) is 0 Å². The first-order valence-electron chi connectivity index (χ1n) is 4.07. The van der Waals surface area contributed by atoms with Crippen LogP contribution < -0.4 is 0 Å². The van der Waals surface area contributed by atoms with Gasteiger partial charge in [0.15, 0.2) is 5.05 Å². The molecular weight excluding hydrogens is 211 g/mol. The lowest BCUT2D eigenvalue weighted by Crippen LogP contribution is -1.97. The standard InChI is InChI=1S/C7H15O4PS/c1-11-7(13)5-3-2-4-6-12(8,9)10/h2-6H2,1H3,(H2,8,9,10). The molecule has 0 saturated carbocycles. The summed E-state index contributed by atoms with van der Waals surface area (Å²) in [7, 11) is -2.27. The average Bonchev–Trinajstić information content (AvgIpc) is 2.01. The highest BCUT2D eigenvalue weighted by molar-refractivity contribution is 7.80. The second-order valence-electron chi connectivity index (χ2n) is 2.78. The number of methoxy groups -OCH3 is 1. The topological polar surface area (TPSA) is 66.8 Å². The molecule has 0 aliphatic rings. The molecule has 0 radical (unpaired) electrons. The van der Waals surface area contributed by atoms with E-state index in [9.17, 15) is 4.57 Å². The molecule has 0 aliphatic carbocycles. The molecule has 4 nitrogen and oxygen atoms in total. The third kappa shape index (κ3) is 9.96. The zero-order valence-electron chi connectivity index (χ0n) is 7.60. The summed E-state index contributed by atoms with van der Waals surface area (Å²) >= 11 is 4.80. The smallest absolute Gasteiger partial charge is 0.325 e. The van der Waals surface area contributed by atoms with Crippen LogP contribution in [-0.2, 0) is 9.30 Å². The molecule has 6 heteroatoms. The Balaban J connectivity index is 3.27. The van der Waals surface area contributed by atoms with Crippen molar-refractivity contribution in [2.45, 2.75) is 25.7 Å². The summed E-state index contributed by atoms with van der Waals surface area (Å²) in [4.78, 5) is 17.1. The number of hydrogen-bond acceptors (Lipinski definition) is 3. The zero-order chi connectivity index (χ0) is 10.3. The molecule has 0 aromatic carbocycles. The summed E-state index contributed by atoms with van der Waals surface area (Å²) in [6.07, 6.45) is 2.79. The molecule has 0 spiro atoms. The molecule has 0 aliphatic heterocycles. The quantitative estimate of drug-likeness (QED) is 0.410. The van der Waals surface area contributed by atoms with E-state index < -0.39 is 7.60 Å². The van der Waals surface area contributed by atoms with Crippen molar-refractivity contribution in [1.29, 1.82) is 0 Å². The van der Waals surface area contributed by atoms with E-state index in [-0.39, 0.29) is 6.16 Å². The maximum atomic E-state index is 10.4. The Kier molecular flexibility index (Phi) is 6.51. The van der Waals surface area contributed by atoms with Gasteiger partial charge in [0.2, 0.25) is 0 Å². The average molecular weight is 226 g/mol. The SMILES string of the molecule is COC(=S)CCCCCP(=O)(O)O. The first kappa shape index (κ1) is 13.0. The van der Waals surface area contributed by atoms with E-state index in [0.717, 1.165) is 12.8 Å². The van der Waals surface area contributed by atoms with E-state index in [4.69, 9.17) is 26.7 Å². The molecule has 13 heavy (non-hydrogen) atoms.